The molecule has 2 aromatic carbocycles. The molecule has 1 N–H and O–H groups in total. The maximum Gasteiger partial charge on any atom is 0.573 e. The van der Waals surface area contributed by atoms with E-state index in [9.17, 15) is 26.7 Å². The van der Waals surface area contributed by atoms with Gasteiger partial charge >= 0.3 is 12.3 Å². The molecule has 0 aliphatic rings. The number of halogens is 5. The summed E-state index contributed by atoms with van der Waals surface area (Å²) in [6, 6.07) is 5.52. The predicted octanol–water partition coefficient (Wildman–Crippen LogP) is 4.16. The molecule has 122 valence electrons. The smallest absolute Gasteiger partial charge is 0.481 e. The van der Waals surface area contributed by atoms with Gasteiger partial charge in [-0.3, -0.25) is 4.79 Å². The summed E-state index contributed by atoms with van der Waals surface area (Å²) in [6.07, 6.45) is -5.59. The summed E-state index contributed by atoms with van der Waals surface area (Å²) >= 11 is 0. The first kappa shape index (κ1) is 16.7. The van der Waals surface area contributed by atoms with E-state index in [1.165, 1.54) is 0 Å². The molecule has 0 aliphatic carbocycles. The molecule has 0 fully saturated rings. The minimum atomic E-state index is -4.94. The minimum absolute atomic E-state index is 0.0411. The van der Waals surface area contributed by atoms with Crippen LogP contribution in [0.25, 0.3) is 11.1 Å². The van der Waals surface area contributed by atoms with Crippen molar-refractivity contribution in [2.24, 2.45) is 0 Å². The Bertz CT molecular complexity index is 740. The molecule has 0 heterocycles. The van der Waals surface area contributed by atoms with E-state index in [-0.39, 0.29) is 16.7 Å². The third kappa shape index (κ3) is 4.41. The van der Waals surface area contributed by atoms with Gasteiger partial charge in [0.2, 0.25) is 0 Å². The lowest BCUT2D eigenvalue weighted by molar-refractivity contribution is -0.274. The Hall–Kier alpha value is -2.64. The van der Waals surface area contributed by atoms with Gasteiger partial charge in [0.1, 0.15) is 17.4 Å². The van der Waals surface area contributed by atoms with Crippen molar-refractivity contribution < 1.29 is 36.6 Å². The Kier molecular flexibility index (Phi) is 4.53. The first-order valence-corrected chi connectivity index (χ1v) is 6.21. The van der Waals surface area contributed by atoms with Crippen molar-refractivity contribution in [3.8, 4) is 16.9 Å². The summed E-state index contributed by atoms with van der Waals surface area (Å²) in [6.45, 7) is 0. The van der Waals surface area contributed by atoms with Gasteiger partial charge < -0.3 is 9.84 Å². The van der Waals surface area contributed by atoms with Gasteiger partial charge in [0.25, 0.3) is 0 Å². The molecule has 3 nitrogen and oxygen atoms in total. The van der Waals surface area contributed by atoms with Crippen molar-refractivity contribution in [1.82, 2.24) is 0 Å². The summed E-state index contributed by atoms with van der Waals surface area (Å²) < 4.78 is 67.2. The van der Waals surface area contributed by atoms with Crippen LogP contribution in [0.3, 0.4) is 0 Å². The van der Waals surface area contributed by atoms with Crippen LogP contribution in [0, 0.1) is 11.6 Å². The zero-order valence-corrected chi connectivity index (χ0v) is 11.3. The van der Waals surface area contributed by atoms with E-state index in [1.54, 1.807) is 0 Å². The normalized spacial score (nSPS) is 11.3. The lowest BCUT2D eigenvalue weighted by atomic mass is 9.97. The van der Waals surface area contributed by atoms with Gasteiger partial charge in [-0.15, -0.1) is 13.2 Å². The number of hydrogen-bond donors (Lipinski definition) is 1. The van der Waals surface area contributed by atoms with Gasteiger partial charge in [-0.2, -0.15) is 0 Å². The maximum atomic E-state index is 13.8. The molecule has 8 heteroatoms. The number of carboxylic acid groups (broad SMARTS) is 1. The zero-order chi connectivity index (χ0) is 17.2. The van der Waals surface area contributed by atoms with Crippen LogP contribution < -0.4 is 4.74 Å². The molecule has 0 radical (unpaired) electrons. The zero-order valence-electron chi connectivity index (χ0n) is 11.3. The van der Waals surface area contributed by atoms with Crippen LogP contribution in [-0.2, 0) is 11.2 Å². The number of ether oxygens (including phenoxy) is 1. The van der Waals surface area contributed by atoms with Crippen LogP contribution in [0.15, 0.2) is 36.4 Å². The van der Waals surface area contributed by atoms with Crippen LogP contribution in [0.2, 0.25) is 0 Å². The largest absolute Gasteiger partial charge is 0.573 e. The lowest BCUT2D eigenvalue weighted by Crippen LogP contribution is -2.17. The second-order valence-electron chi connectivity index (χ2n) is 4.56. The first-order chi connectivity index (χ1) is 10.7. The van der Waals surface area contributed by atoms with Crippen molar-refractivity contribution in [1.29, 1.82) is 0 Å². The number of carboxylic acids is 1. The molecule has 0 aliphatic heterocycles. The van der Waals surface area contributed by atoms with Crippen LogP contribution in [0.5, 0.6) is 5.75 Å². The van der Waals surface area contributed by atoms with E-state index in [0.29, 0.717) is 6.07 Å². The Morgan fingerprint density at radius 2 is 1.70 bits per heavy atom. The summed E-state index contributed by atoms with van der Waals surface area (Å²) in [5.41, 5.74) is -0.176. The molecular weight excluding hydrogens is 323 g/mol. The number of benzene rings is 2. The molecule has 0 saturated carbocycles. The highest BCUT2D eigenvalue weighted by Crippen LogP contribution is 2.32. The summed E-state index contributed by atoms with van der Waals surface area (Å²) in [7, 11) is 0. The first-order valence-electron chi connectivity index (χ1n) is 6.21. The molecule has 0 amide bonds. The van der Waals surface area contributed by atoms with E-state index in [4.69, 9.17) is 5.11 Å². The molecule has 0 bridgehead atoms. The maximum absolute atomic E-state index is 13.8. The second kappa shape index (κ2) is 6.23. The standard InChI is InChI=1S/C15H9F5O3/c16-9-1-3-12(13(17)7-9)11-4-2-10(23-15(18,19)20)5-8(11)6-14(21)22/h1-5,7H,6H2,(H,21,22). The Morgan fingerprint density at radius 3 is 2.26 bits per heavy atom. The number of hydrogen-bond acceptors (Lipinski definition) is 2. The predicted molar refractivity (Wildman–Crippen MR) is 69.8 cm³/mol. The van der Waals surface area contributed by atoms with Gasteiger partial charge in [0.05, 0.1) is 6.42 Å². The van der Waals surface area contributed by atoms with Crippen molar-refractivity contribution >= 4 is 5.97 Å². The summed E-state index contributed by atoms with van der Waals surface area (Å²) in [5.74, 6) is -3.73. The van der Waals surface area contributed by atoms with E-state index in [1.807, 2.05) is 0 Å². The fraction of sp³-hybridized carbons (Fsp3) is 0.133. The number of rotatable bonds is 4. The molecule has 0 unspecified atom stereocenters. The van der Waals surface area contributed by atoms with Crippen molar-refractivity contribution in [3.63, 3.8) is 0 Å². The van der Waals surface area contributed by atoms with Gasteiger partial charge in [-0.1, -0.05) is 6.07 Å². The van der Waals surface area contributed by atoms with E-state index >= 15 is 0 Å². The van der Waals surface area contributed by atoms with E-state index in [2.05, 4.69) is 4.74 Å². The second-order valence-corrected chi connectivity index (χ2v) is 4.56. The molecule has 2 rings (SSSR count). The van der Waals surface area contributed by atoms with Crippen LogP contribution in [0.1, 0.15) is 5.56 Å². The molecule has 0 spiro atoms. The Morgan fingerprint density at radius 1 is 1.04 bits per heavy atom. The lowest BCUT2D eigenvalue weighted by Gasteiger charge is -2.13. The van der Waals surface area contributed by atoms with Crippen molar-refractivity contribution in [3.05, 3.63) is 53.6 Å². The van der Waals surface area contributed by atoms with Crippen LogP contribution >= 0.6 is 0 Å². The fourth-order valence-electron chi connectivity index (χ4n) is 2.05. The van der Waals surface area contributed by atoms with Crippen molar-refractivity contribution in [2.75, 3.05) is 0 Å². The average Bonchev–Trinajstić information content (AvgIpc) is 2.37. The fourth-order valence-corrected chi connectivity index (χ4v) is 2.05. The van der Waals surface area contributed by atoms with E-state index < -0.39 is 36.1 Å². The quantitative estimate of drug-likeness (QED) is 0.855. The third-order valence-corrected chi connectivity index (χ3v) is 2.87. The number of carbonyl (C=O) groups is 1. The molecule has 0 atom stereocenters. The number of aliphatic carboxylic acids is 1. The molecule has 23 heavy (non-hydrogen) atoms. The highest BCUT2D eigenvalue weighted by Gasteiger charge is 2.31. The summed E-state index contributed by atoms with van der Waals surface area (Å²) in [4.78, 5) is 10.9. The van der Waals surface area contributed by atoms with Crippen LogP contribution in [-0.4, -0.2) is 17.4 Å². The third-order valence-electron chi connectivity index (χ3n) is 2.87. The molecule has 2 aromatic rings. The van der Waals surface area contributed by atoms with Gasteiger partial charge in [-0.25, -0.2) is 8.78 Å². The topological polar surface area (TPSA) is 46.5 Å². The van der Waals surface area contributed by atoms with E-state index in [0.717, 1.165) is 30.3 Å². The van der Waals surface area contributed by atoms with Crippen LogP contribution in [0.4, 0.5) is 22.0 Å². The summed E-state index contributed by atoms with van der Waals surface area (Å²) in [5, 5.41) is 8.86. The molecular formula is C15H9F5O3. The highest BCUT2D eigenvalue weighted by molar-refractivity contribution is 5.77. The minimum Gasteiger partial charge on any atom is -0.481 e. The van der Waals surface area contributed by atoms with Gasteiger partial charge in [0.15, 0.2) is 0 Å². The average molecular weight is 332 g/mol. The van der Waals surface area contributed by atoms with Gasteiger partial charge in [0, 0.05) is 11.6 Å². The van der Waals surface area contributed by atoms with Gasteiger partial charge in [-0.05, 0) is 35.4 Å². The monoisotopic (exact) mass is 332 g/mol. The SMILES string of the molecule is O=C(O)Cc1cc(OC(F)(F)F)ccc1-c1ccc(F)cc1F. The Labute approximate surface area is 126 Å². The molecule has 0 aromatic heterocycles. The Balaban J connectivity index is 2.51. The number of alkyl halides is 3. The van der Waals surface area contributed by atoms with Crippen molar-refractivity contribution in [2.45, 2.75) is 12.8 Å². The molecule has 0 saturated heterocycles. The highest BCUT2D eigenvalue weighted by atomic mass is 19.4.